The van der Waals surface area contributed by atoms with Crippen molar-refractivity contribution >= 4 is 0 Å². The van der Waals surface area contributed by atoms with Crippen molar-refractivity contribution in [3.63, 3.8) is 0 Å². The van der Waals surface area contributed by atoms with Gasteiger partial charge >= 0.3 is 0 Å². The molecule has 1 aromatic heterocycles. The van der Waals surface area contributed by atoms with Crippen LogP contribution in [-0.4, -0.2) is 15.1 Å². The van der Waals surface area contributed by atoms with Crippen LogP contribution in [0.25, 0.3) is 11.4 Å². The van der Waals surface area contributed by atoms with Gasteiger partial charge in [-0.3, -0.25) is 4.79 Å². The van der Waals surface area contributed by atoms with Crippen molar-refractivity contribution in [2.24, 2.45) is 0 Å². The number of nitrogens with zero attached hydrogens (tertiary/aromatic N) is 1. The Balaban J connectivity index is 2.55. The quantitative estimate of drug-likeness (QED) is 0.705. The minimum Gasteiger partial charge on any atom is -0.508 e. The largest absolute Gasteiger partial charge is 0.508 e. The zero-order valence-corrected chi connectivity index (χ0v) is 7.27. The van der Waals surface area contributed by atoms with Crippen molar-refractivity contribution in [1.82, 2.24) is 9.97 Å². The van der Waals surface area contributed by atoms with Gasteiger partial charge in [-0.05, 0) is 12.1 Å². The molecule has 0 bridgehead atoms. The Kier molecular flexibility index (Phi) is 2.02. The monoisotopic (exact) mass is 188 g/mol. The fourth-order valence-corrected chi connectivity index (χ4v) is 1.17. The number of phenolic OH excluding ortho intramolecular Hbond substituents is 1. The number of nitrogens with one attached hydrogen (secondary N) is 1. The minimum atomic E-state index is -0.210. The lowest BCUT2D eigenvalue weighted by molar-refractivity contribution is 0.475. The SMILES string of the molecule is O=c1ccnc(-c2cccc(O)c2)[nH]1. The number of hydrogen-bond donors (Lipinski definition) is 2. The predicted octanol–water partition coefficient (Wildman–Crippen LogP) is 1.14. The molecule has 0 atom stereocenters. The average Bonchev–Trinajstić information content (AvgIpc) is 2.18. The highest BCUT2D eigenvalue weighted by atomic mass is 16.3. The third-order valence-electron chi connectivity index (χ3n) is 1.79. The zero-order chi connectivity index (χ0) is 9.97. The Morgan fingerprint density at radius 2 is 2.14 bits per heavy atom. The van der Waals surface area contributed by atoms with Gasteiger partial charge in [0.25, 0.3) is 5.56 Å². The van der Waals surface area contributed by atoms with E-state index >= 15 is 0 Å². The maximum Gasteiger partial charge on any atom is 0.251 e. The van der Waals surface area contributed by atoms with Gasteiger partial charge in [0.15, 0.2) is 0 Å². The molecule has 4 heteroatoms. The van der Waals surface area contributed by atoms with E-state index in [4.69, 9.17) is 0 Å². The molecule has 0 radical (unpaired) electrons. The van der Waals surface area contributed by atoms with Crippen LogP contribution >= 0.6 is 0 Å². The highest BCUT2D eigenvalue weighted by Gasteiger charge is 1.99. The number of aromatic amines is 1. The first-order chi connectivity index (χ1) is 6.75. The number of H-pyrrole nitrogens is 1. The van der Waals surface area contributed by atoms with Crippen molar-refractivity contribution < 1.29 is 5.11 Å². The van der Waals surface area contributed by atoms with Crippen molar-refractivity contribution in [3.8, 4) is 17.1 Å². The minimum absolute atomic E-state index is 0.147. The van der Waals surface area contributed by atoms with Gasteiger partial charge in [0.2, 0.25) is 0 Å². The van der Waals surface area contributed by atoms with E-state index in [0.717, 1.165) is 0 Å². The Morgan fingerprint density at radius 1 is 1.29 bits per heavy atom. The molecule has 1 aromatic carbocycles. The number of aromatic nitrogens is 2. The van der Waals surface area contributed by atoms with Crippen molar-refractivity contribution in [3.05, 3.63) is 46.9 Å². The Labute approximate surface area is 79.9 Å². The smallest absolute Gasteiger partial charge is 0.251 e. The first-order valence-electron chi connectivity index (χ1n) is 4.10. The lowest BCUT2D eigenvalue weighted by atomic mass is 10.2. The highest BCUT2D eigenvalue weighted by molar-refractivity contribution is 5.56. The van der Waals surface area contributed by atoms with Crippen LogP contribution in [0.15, 0.2) is 41.3 Å². The molecular formula is C10H8N2O2. The molecule has 0 saturated heterocycles. The summed E-state index contributed by atoms with van der Waals surface area (Å²) in [7, 11) is 0. The van der Waals surface area contributed by atoms with E-state index in [1.165, 1.54) is 18.3 Å². The first-order valence-corrected chi connectivity index (χ1v) is 4.10. The van der Waals surface area contributed by atoms with Crippen LogP contribution in [0.3, 0.4) is 0 Å². The number of phenols is 1. The van der Waals surface area contributed by atoms with Crippen LogP contribution in [0.5, 0.6) is 5.75 Å². The first kappa shape index (κ1) is 8.50. The fraction of sp³-hybridized carbons (Fsp3) is 0. The molecular weight excluding hydrogens is 180 g/mol. The molecule has 2 rings (SSSR count). The van der Waals surface area contributed by atoms with Gasteiger partial charge < -0.3 is 10.1 Å². The number of aromatic hydroxyl groups is 1. The van der Waals surface area contributed by atoms with Crippen molar-refractivity contribution in [2.75, 3.05) is 0 Å². The summed E-state index contributed by atoms with van der Waals surface area (Å²) in [5.41, 5.74) is 0.473. The van der Waals surface area contributed by atoms with E-state index in [9.17, 15) is 9.90 Å². The van der Waals surface area contributed by atoms with Crippen molar-refractivity contribution in [2.45, 2.75) is 0 Å². The van der Waals surface area contributed by atoms with E-state index in [1.807, 2.05) is 0 Å². The molecule has 2 N–H and O–H groups in total. The summed E-state index contributed by atoms with van der Waals surface area (Å²) < 4.78 is 0. The fourth-order valence-electron chi connectivity index (χ4n) is 1.17. The summed E-state index contributed by atoms with van der Waals surface area (Å²) >= 11 is 0. The second kappa shape index (κ2) is 3.33. The van der Waals surface area contributed by atoms with E-state index in [-0.39, 0.29) is 11.3 Å². The maximum atomic E-state index is 11.0. The van der Waals surface area contributed by atoms with Crippen LogP contribution in [0.4, 0.5) is 0 Å². The Morgan fingerprint density at radius 3 is 2.86 bits per heavy atom. The topological polar surface area (TPSA) is 66.0 Å². The lowest BCUT2D eigenvalue weighted by Gasteiger charge is -1.99. The zero-order valence-electron chi connectivity index (χ0n) is 7.27. The summed E-state index contributed by atoms with van der Waals surface area (Å²) in [5, 5.41) is 9.22. The van der Waals surface area contributed by atoms with E-state index in [1.54, 1.807) is 18.2 Å². The van der Waals surface area contributed by atoms with Crippen LogP contribution in [-0.2, 0) is 0 Å². The highest BCUT2D eigenvalue weighted by Crippen LogP contribution is 2.18. The second-order valence-corrected chi connectivity index (χ2v) is 2.83. The lowest BCUT2D eigenvalue weighted by Crippen LogP contribution is -2.05. The molecule has 4 nitrogen and oxygen atoms in total. The molecule has 2 aromatic rings. The number of benzene rings is 1. The molecule has 0 fully saturated rings. The average molecular weight is 188 g/mol. The molecule has 0 saturated carbocycles. The molecule has 0 spiro atoms. The Hall–Kier alpha value is -2.10. The molecule has 70 valence electrons. The summed E-state index contributed by atoms with van der Waals surface area (Å²) in [6.45, 7) is 0. The summed E-state index contributed by atoms with van der Waals surface area (Å²) in [4.78, 5) is 17.5. The van der Waals surface area contributed by atoms with E-state index in [0.29, 0.717) is 11.4 Å². The van der Waals surface area contributed by atoms with Gasteiger partial charge in [0.1, 0.15) is 11.6 Å². The third-order valence-corrected chi connectivity index (χ3v) is 1.79. The molecule has 0 aliphatic heterocycles. The number of hydrogen-bond acceptors (Lipinski definition) is 3. The van der Waals surface area contributed by atoms with Gasteiger partial charge in [-0.2, -0.15) is 0 Å². The van der Waals surface area contributed by atoms with Gasteiger partial charge in [-0.15, -0.1) is 0 Å². The van der Waals surface area contributed by atoms with Crippen LogP contribution in [0, 0.1) is 0 Å². The van der Waals surface area contributed by atoms with Gasteiger partial charge in [-0.1, -0.05) is 12.1 Å². The van der Waals surface area contributed by atoms with Gasteiger partial charge in [0.05, 0.1) is 0 Å². The van der Waals surface area contributed by atoms with Crippen LogP contribution in [0.1, 0.15) is 0 Å². The van der Waals surface area contributed by atoms with Gasteiger partial charge in [-0.25, -0.2) is 4.98 Å². The van der Waals surface area contributed by atoms with Crippen LogP contribution < -0.4 is 5.56 Å². The van der Waals surface area contributed by atoms with E-state index < -0.39 is 0 Å². The maximum absolute atomic E-state index is 11.0. The molecule has 14 heavy (non-hydrogen) atoms. The predicted molar refractivity (Wildman–Crippen MR) is 52.0 cm³/mol. The Bertz CT molecular complexity index is 505. The summed E-state index contributed by atoms with van der Waals surface area (Å²) in [6.07, 6.45) is 1.43. The van der Waals surface area contributed by atoms with Crippen LogP contribution in [0.2, 0.25) is 0 Å². The second-order valence-electron chi connectivity index (χ2n) is 2.83. The molecule has 1 heterocycles. The number of rotatable bonds is 1. The molecule has 0 aliphatic rings. The summed E-state index contributed by atoms with van der Waals surface area (Å²) in [6, 6.07) is 7.89. The summed E-state index contributed by atoms with van der Waals surface area (Å²) in [5.74, 6) is 0.599. The normalized spacial score (nSPS) is 10.0. The third kappa shape index (κ3) is 1.64. The molecule has 0 aliphatic carbocycles. The van der Waals surface area contributed by atoms with Crippen molar-refractivity contribution in [1.29, 1.82) is 0 Å². The van der Waals surface area contributed by atoms with E-state index in [2.05, 4.69) is 9.97 Å². The standard InChI is InChI=1S/C10H8N2O2/c13-8-3-1-2-7(6-8)10-11-5-4-9(14)12-10/h1-6,13H,(H,11,12,14). The molecule has 0 amide bonds. The van der Waals surface area contributed by atoms with Gasteiger partial charge in [0, 0.05) is 17.8 Å². The molecule has 0 unspecified atom stereocenters.